The fourth-order valence-corrected chi connectivity index (χ4v) is 1.44. The topological polar surface area (TPSA) is 26.3 Å². The molecule has 1 aromatic rings. The van der Waals surface area contributed by atoms with Crippen molar-refractivity contribution in [3.8, 4) is 0 Å². The van der Waals surface area contributed by atoms with Crippen molar-refractivity contribution in [3.63, 3.8) is 0 Å². The zero-order chi connectivity index (χ0) is 9.84. The van der Waals surface area contributed by atoms with Crippen LogP contribution in [-0.2, 0) is 4.74 Å². The second-order valence-electron chi connectivity index (χ2n) is 2.35. The monoisotopic (exact) mass is 310 g/mol. The Labute approximate surface area is 92.0 Å². The Bertz CT molecular complexity index is 330. The number of esters is 1. The molecule has 0 heterocycles. The van der Waals surface area contributed by atoms with E-state index in [2.05, 4.69) is 0 Å². The summed E-state index contributed by atoms with van der Waals surface area (Å²) in [7, 11) is 0.796. The summed E-state index contributed by atoms with van der Waals surface area (Å²) in [4.78, 5) is 11.1. The second-order valence-corrected chi connectivity index (χ2v) is 4.09. The molecule has 0 saturated carbocycles. The number of carbonyl (C=O) groups excluding carboxylic acids is 1. The molecular formula is C8H8FIO2Si. The molecule has 0 atom stereocenters. The Hall–Kier alpha value is -0.433. The van der Waals surface area contributed by atoms with Gasteiger partial charge in [0.05, 0.1) is 22.0 Å². The molecule has 0 aromatic heterocycles. The summed E-state index contributed by atoms with van der Waals surface area (Å²) in [5.41, 5.74) is 0.272. The van der Waals surface area contributed by atoms with E-state index in [4.69, 9.17) is 4.74 Å². The minimum atomic E-state index is -0.453. The molecule has 70 valence electrons. The van der Waals surface area contributed by atoms with Gasteiger partial charge in [0.15, 0.2) is 0 Å². The highest BCUT2D eigenvalue weighted by Gasteiger charge is 2.08. The van der Waals surface area contributed by atoms with E-state index < -0.39 is 5.97 Å². The Kier molecular flexibility index (Phi) is 3.85. The van der Waals surface area contributed by atoms with Crippen LogP contribution in [0.2, 0.25) is 0 Å². The fraction of sp³-hybridized carbons (Fsp3) is 0.125. The summed E-state index contributed by atoms with van der Waals surface area (Å²) >= 11 is 1.87. The van der Waals surface area contributed by atoms with E-state index in [1.54, 1.807) is 12.1 Å². The standard InChI is InChI=1S/C8H8FIO2Si/c9-6-3-5(1-2-7(6)10)8(11)12-4-13/h1-3H,4H2,13H3. The fourth-order valence-electron chi connectivity index (χ4n) is 0.838. The van der Waals surface area contributed by atoms with Crippen LogP contribution < -0.4 is 0 Å². The number of carbonyl (C=O) groups is 1. The molecule has 0 spiro atoms. The minimum Gasteiger partial charge on any atom is -0.467 e. The highest BCUT2D eigenvalue weighted by Crippen LogP contribution is 2.13. The maximum absolute atomic E-state index is 13.0. The first-order valence-corrected chi connectivity index (χ1v) is 6.26. The third-order valence-electron chi connectivity index (χ3n) is 1.43. The van der Waals surface area contributed by atoms with Crippen LogP contribution in [-0.4, -0.2) is 22.4 Å². The molecule has 0 radical (unpaired) electrons. The van der Waals surface area contributed by atoms with E-state index in [1.165, 1.54) is 6.07 Å². The summed E-state index contributed by atoms with van der Waals surface area (Å²) in [6.45, 7) is 0. The zero-order valence-corrected chi connectivity index (χ0v) is 11.2. The molecule has 0 unspecified atom stereocenters. The molecule has 5 heteroatoms. The largest absolute Gasteiger partial charge is 0.467 e. The smallest absolute Gasteiger partial charge is 0.337 e. The zero-order valence-electron chi connectivity index (χ0n) is 7.01. The summed E-state index contributed by atoms with van der Waals surface area (Å²) in [5.74, 6) is -0.839. The normalized spacial score (nSPS) is 10.0. The van der Waals surface area contributed by atoms with Crippen molar-refractivity contribution in [1.82, 2.24) is 0 Å². The van der Waals surface area contributed by atoms with Crippen LogP contribution in [0, 0.1) is 9.39 Å². The predicted molar refractivity (Wildman–Crippen MR) is 59.3 cm³/mol. The van der Waals surface area contributed by atoms with Gasteiger partial charge in [-0.1, -0.05) is 0 Å². The lowest BCUT2D eigenvalue weighted by Gasteiger charge is -2.01. The number of rotatable bonds is 2. The average Bonchev–Trinajstić information content (AvgIpc) is 2.10. The van der Waals surface area contributed by atoms with Gasteiger partial charge < -0.3 is 4.74 Å². The Balaban J connectivity index is 2.90. The van der Waals surface area contributed by atoms with Gasteiger partial charge in [-0.25, -0.2) is 9.18 Å². The van der Waals surface area contributed by atoms with Gasteiger partial charge in [0.2, 0.25) is 0 Å². The van der Waals surface area contributed by atoms with Gasteiger partial charge in [-0.2, -0.15) is 0 Å². The average molecular weight is 310 g/mol. The van der Waals surface area contributed by atoms with Crippen LogP contribution >= 0.6 is 22.6 Å². The Morgan fingerprint density at radius 1 is 1.62 bits per heavy atom. The molecule has 0 bridgehead atoms. The van der Waals surface area contributed by atoms with Gasteiger partial charge in [-0.3, -0.25) is 0 Å². The lowest BCUT2D eigenvalue weighted by molar-refractivity contribution is 0.0573. The molecule has 0 N–H and O–H groups in total. The van der Waals surface area contributed by atoms with Crippen molar-refractivity contribution < 1.29 is 13.9 Å². The minimum absolute atomic E-state index is 0.272. The van der Waals surface area contributed by atoms with E-state index in [1.807, 2.05) is 22.6 Å². The Morgan fingerprint density at radius 3 is 2.85 bits per heavy atom. The van der Waals surface area contributed by atoms with Gasteiger partial charge in [0.25, 0.3) is 0 Å². The molecule has 0 saturated heterocycles. The number of ether oxygens (including phenoxy) is 1. The molecule has 1 aromatic carbocycles. The first kappa shape index (κ1) is 10.6. The van der Waals surface area contributed by atoms with Crippen molar-refractivity contribution in [3.05, 3.63) is 33.1 Å². The highest BCUT2D eigenvalue weighted by atomic mass is 127. The van der Waals surface area contributed by atoms with Crippen LogP contribution in [0.5, 0.6) is 0 Å². The summed E-state index contributed by atoms with van der Waals surface area (Å²) in [6, 6.07) is 4.31. The van der Waals surface area contributed by atoms with Crippen molar-refractivity contribution in [2.45, 2.75) is 0 Å². The van der Waals surface area contributed by atoms with Gasteiger partial charge in [-0.15, -0.1) is 0 Å². The third-order valence-corrected chi connectivity index (χ3v) is 2.59. The predicted octanol–water partition coefficient (Wildman–Crippen LogP) is 0.910. The molecular weight excluding hydrogens is 302 g/mol. The van der Waals surface area contributed by atoms with Crippen molar-refractivity contribution >= 4 is 38.8 Å². The highest BCUT2D eigenvalue weighted by molar-refractivity contribution is 14.1. The van der Waals surface area contributed by atoms with Crippen LogP contribution in [0.1, 0.15) is 10.4 Å². The van der Waals surface area contributed by atoms with E-state index in [0.717, 1.165) is 10.2 Å². The van der Waals surface area contributed by atoms with Crippen molar-refractivity contribution in [1.29, 1.82) is 0 Å². The van der Waals surface area contributed by atoms with E-state index in [-0.39, 0.29) is 11.4 Å². The lowest BCUT2D eigenvalue weighted by Crippen LogP contribution is -2.06. The SMILES string of the molecule is O=C(OC[SiH3])c1ccc(I)c(F)c1. The van der Waals surface area contributed by atoms with Crippen LogP contribution in [0.25, 0.3) is 0 Å². The number of hydrogen-bond acceptors (Lipinski definition) is 2. The van der Waals surface area contributed by atoms with Gasteiger partial charge in [-0.05, 0) is 40.8 Å². The lowest BCUT2D eigenvalue weighted by atomic mass is 10.2. The molecule has 0 aliphatic carbocycles. The van der Waals surface area contributed by atoms with Crippen LogP contribution in [0.15, 0.2) is 18.2 Å². The molecule has 1 rings (SSSR count). The van der Waals surface area contributed by atoms with Crippen molar-refractivity contribution in [2.75, 3.05) is 6.23 Å². The molecule has 0 fully saturated rings. The number of benzene rings is 1. The van der Waals surface area contributed by atoms with E-state index in [9.17, 15) is 9.18 Å². The molecule has 13 heavy (non-hydrogen) atoms. The van der Waals surface area contributed by atoms with Gasteiger partial charge in [0, 0.05) is 3.57 Å². The number of halogens is 2. The first-order chi connectivity index (χ1) is 6.15. The van der Waals surface area contributed by atoms with Gasteiger partial charge >= 0.3 is 5.97 Å². The first-order valence-electron chi connectivity index (χ1n) is 3.77. The third kappa shape index (κ3) is 2.77. The number of hydrogen-bond donors (Lipinski definition) is 0. The Morgan fingerprint density at radius 2 is 2.31 bits per heavy atom. The van der Waals surface area contributed by atoms with E-state index >= 15 is 0 Å². The van der Waals surface area contributed by atoms with Crippen LogP contribution in [0.4, 0.5) is 4.39 Å². The maximum Gasteiger partial charge on any atom is 0.337 e. The van der Waals surface area contributed by atoms with Gasteiger partial charge in [0.1, 0.15) is 5.82 Å². The maximum atomic E-state index is 13.0. The summed E-state index contributed by atoms with van der Waals surface area (Å²) in [5, 5.41) is 0. The summed E-state index contributed by atoms with van der Waals surface area (Å²) in [6.07, 6.45) is 0.437. The van der Waals surface area contributed by atoms with Crippen molar-refractivity contribution in [2.24, 2.45) is 0 Å². The molecule has 2 nitrogen and oxygen atoms in total. The quantitative estimate of drug-likeness (QED) is 0.461. The summed E-state index contributed by atoms with van der Waals surface area (Å²) < 4.78 is 18.2. The molecule has 0 aliphatic heterocycles. The second kappa shape index (κ2) is 4.71. The van der Waals surface area contributed by atoms with Crippen LogP contribution in [0.3, 0.4) is 0 Å². The molecule has 0 amide bonds. The molecule has 0 aliphatic rings. The van der Waals surface area contributed by atoms with E-state index in [0.29, 0.717) is 9.80 Å².